The van der Waals surface area contributed by atoms with Gasteiger partial charge in [0.05, 0.1) is 18.8 Å². The summed E-state index contributed by atoms with van der Waals surface area (Å²) in [7, 11) is 1.80. The quantitative estimate of drug-likeness (QED) is 0.225. The van der Waals surface area contributed by atoms with Crippen LogP contribution in [0.4, 0.5) is 0 Å². The first-order valence-electron chi connectivity index (χ1n) is 10.7. The van der Waals surface area contributed by atoms with Gasteiger partial charge in [-0.25, -0.2) is 0 Å². The highest BCUT2D eigenvalue weighted by Gasteiger charge is 2.16. The van der Waals surface area contributed by atoms with E-state index in [1.165, 1.54) is 37.7 Å². The van der Waals surface area contributed by atoms with Crippen LogP contribution in [0.25, 0.3) is 0 Å². The van der Waals surface area contributed by atoms with Crippen molar-refractivity contribution in [2.24, 2.45) is 4.99 Å². The van der Waals surface area contributed by atoms with E-state index in [0.29, 0.717) is 6.10 Å². The van der Waals surface area contributed by atoms with E-state index < -0.39 is 0 Å². The standard InChI is InChI=1S/C22H35N3O3.HI/c1-23-22(24-12-6-13-27-21-11-14-26-17-21)25-16-18-7-5-10-20(15-18)28-19-8-3-2-4-9-19;/h5,7,10,15,19,21H,2-4,6,8-9,11-14,16-17H2,1H3,(H2,23,24,25);1H. The van der Waals surface area contributed by atoms with E-state index in [1.807, 2.05) is 0 Å². The lowest BCUT2D eigenvalue weighted by Crippen LogP contribution is -2.37. The lowest BCUT2D eigenvalue weighted by molar-refractivity contribution is 0.0420. The second kappa shape index (κ2) is 14.0. The number of nitrogens with zero attached hydrogens (tertiary/aromatic N) is 1. The monoisotopic (exact) mass is 517 g/mol. The van der Waals surface area contributed by atoms with Crippen LogP contribution in [-0.4, -0.2) is 51.6 Å². The SMILES string of the molecule is CN=C(NCCCOC1CCOC1)NCc1cccc(OC2CCCCC2)c1.I. The maximum atomic E-state index is 6.17. The summed E-state index contributed by atoms with van der Waals surface area (Å²) in [6.45, 7) is 3.86. The van der Waals surface area contributed by atoms with Crippen molar-refractivity contribution in [1.82, 2.24) is 10.6 Å². The number of guanidine groups is 1. The minimum absolute atomic E-state index is 0. The van der Waals surface area contributed by atoms with E-state index in [1.54, 1.807) is 7.05 Å². The van der Waals surface area contributed by atoms with Crippen molar-refractivity contribution < 1.29 is 14.2 Å². The minimum atomic E-state index is 0. The Balaban J connectivity index is 0.00000300. The van der Waals surface area contributed by atoms with E-state index in [2.05, 4.69) is 39.9 Å². The summed E-state index contributed by atoms with van der Waals surface area (Å²) in [6.07, 6.45) is 8.89. The molecule has 6 nitrogen and oxygen atoms in total. The van der Waals surface area contributed by atoms with Gasteiger partial charge in [-0.2, -0.15) is 0 Å². The van der Waals surface area contributed by atoms with Crippen LogP contribution < -0.4 is 15.4 Å². The third-order valence-electron chi connectivity index (χ3n) is 5.29. The molecule has 3 rings (SSSR count). The van der Waals surface area contributed by atoms with Crippen LogP contribution in [0.15, 0.2) is 29.3 Å². The highest BCUT2D eigenvalue weighted by Crippen LogP contribution is 2.23. The van der Waals surface area contributed by atoms with Gasteiger partial charge < -0.3 is 24.8 Å². The molecule has 1 aromatic carbocycles. The molecule has 0 amide bonds. The Morgan fingerprint density at radius 1 is 1.14 bits per heavy atom. The molecule has 0 radical (unpaired) electrons. The third kappa shape index (κ3) is 9.09. The van der Waals surface area contributed by atoms with Crippen molar-refractivity contribution in [1.29, 1.82) is 0 Å². The highest BCUT2D eigenvalue weighted by molar-refractivity contribution is 14.0. The molecule has 164 valence electrons. The Bertz CT molecular complexity index is 603. The summed E-state index contributed by atoms with van der Waals surface area (Å²) in [4.78, 5) is 4.30. The molecule has 1 aliphatic carbocycles. The van der Waals surface area contributed by atoms with Crippen LogP contribution >= 0.6 is 24.0 Å². The van der Waals surface area contributed by atoms with Gasteiger partial charge in [-0.15, -0.1) is 24.0 Å². The van der Waals surface area contributed by atoms with Gasteiger partial charge in [0.25, 0.3) is 0 Å². The normalized spacial score (nSPS) is 20.2. The van der Waals surface area contributed by atoms with Gasteiger partial charge in [-0.05, 0) is 56.2 Å². The molecule has 7 heteroatoms. The molecule has 2 fully saturated rings. The van der Waals surface area contributed by atoms with Gasteiger partial charge in [0.15, 0.2) is 5.96 Å². The zero-order valence-corrected chi connectivity index (χ0v) is 19.9. The molecule has 1 unspecified atom stereocenters. The van der Waals surface area contributed by atoms with Crippen molar-refractivity contribution in [2.45, 2.75) is 63.7 Å². The Hall–Kier alpha value is -1.06. The summed E-state index contributed by atoms with van der Waals surface area (Å²) >= 11 is 0. The maximum Gasteiger partial charge on any atom is 0.191 e. The van der Waals surface area contributed by atoms with Gasteiger partial charge in [0.2, 0.25) is 0 Å². The van der Waals surface area contributed by atoms with Gasteiger partial charge in [-0.1, -0.05) is 18.6 Å². The maximum absolute atomic E-state index is 6.17. The summed E-state index contributed by atoms with van der Waals surface area (Å²) in [5, 5.41) is 6.71. The predicted molar refractivity (Wildman–Crippen MR) is 127 cm³/mol. The van der Waals surface area contributed by atoms with Crippen LogP contribution in [0, 0.1) is 0 Å². The molecule has 1 heterocycles. The Labute approximate surface area is 192 Å². The molecule has 0 bridgehead atoms. The zero-order valence-electron chi connectivity index (χ0n) is 17.5. The van der Waals surface area contributed by atoms with Crippen LogP contribution in [-0.2, 0) is 16.0 Å². The molecule has 2 aliphatic rings. The van der Waals surface area contributed by atoms with Crippen molar-refractivity contribution in [2.75, 3.05) is 33.4 Å². The number of rotatable bonds is 9. The number of halogens is 1. The predicted octanol–water partition coefficient (Wildman–Crippen LogP) is 3.88. The largest absolute Gasteiger partial charge is 0.490 e. The highest BCUT2D eigenvalue weighted by atomic mass is 127. The molecule has 2 N–H and O–H groups in total. The van der Waals surface area contributed by atoms with Crippen molar-refractivity contribution >= 4 is 29.9 Å². The number of aliphatic imine (C=N–C) groups is 1. The summed E-state index contributed by atoms with van der Waals surface area (Å²) < 4.78 is 17.3. The fourth-order valence-electron chi connectivity index (χ4n) is 3.68. The molecular weight excluding hydrogens is 481 g/mol. The average Bonchev–Trinajstić information content (AvgIpc) is 3.25. The first kappa shape index (κ1) is 24.2. The second-order valence-electron chi connectivity index (χ2n) is 7.59. The van der Waals surface area contributed by atoms with Gasteiger partial charge in [0, 0.05) is 33.4 Å². The third-order valence-corrected chi connectivity index (χ3v) is 5.29. The number of benzene rings is 1. The molecule has 0 aromatic heterocycles. The van der Waals surface area contributed by atoms with Gasteiger partial charge >= 0.3 is 0 Å². The van der Waals surface area contributed by atoms with Crippen LogP contribution in [0.5, 0.6) is 5.75 Å². The molecular formula is C22H36IN3O3. The number of hydrogen-bond donors (Lipinski definition) is 2. The molecule has 1 saturated heterocycles. The Morgan fingerprint density at radius 2 is 2.00 bits per heavy atom. The van der Waals surface area contributed by atoms with E-state index >= 15 is 0 Å². The summed E-state index contributed by atoms with van der Waals surface area (Å²) in [5.74, 6) is 1.78. The second-order valence-corrected chi connectivity index (χ2v) is 7.59. The minimum Gasteiger partial charge on any atom is -0.490 e. The zero-order chi connectivity index (χ0) is 19.4. The molecule has 1 saturated carbocycles. The molecule has 1 atom stereocenters. The smallest absolute Gasteiger partial charge is 0.191 e. The Morgan fingerprint density at radius 3 is 2.76 bits per heavy atom. The van der Waals surface area contributed by atoms with Crippen LogP contribution in [0.1, 0.15) is 50.5 Å². The van der Waals surface area contributed by atoms with E-state index in [-0.39, 0.29) is 30.1 Å². The number of ether oxygens (including phenoxy) is 3. The van der Waals surface area contributed by atoms with Crippen molar-refractivity contribution in [3.8, 4) is 5.75 Å². The van der Waals surface area contributed by atoms with Crippen molar-refractivity contribution in [3.63, 3.8) is 0 Å². The molecule has 0 spiro atoms. The van der Waals surface area contributed by atoms with E-state index in [0.717, 1.165) is 57.5 Å². The number of hydrogen-bond acceptors (Lipinski definition) is 4. The number of nitrogens with one attached hydrogen (secondary N) is 2. The molecule has 29 heavy (non-hydrogen) atoms. The van der Waals surface area contributed by atoms with E-state index in [9.17, 15) is 0 Å². The molecule has 1 aromatic rings. The first-order chi connectivity index (χ1) is 13.8. The first-order valence-corrected chi connectivity index (χ1v) is 10.7. The lowest BCUT2D eigenvalue weighted by Gasteiger charge is -2.23. The lowest BCUT2D eigenvalue weighted by atomic mass is 9.98. The topological polar surface area (TPSA) is 64.1 Å². The van der Waals surface area contributed by atoms with E-state index in [4.69, 9.17) is 14.2 Å². The fourth-order valence-corrected chi connectivity index (χ4v) is 3.68. The average molecular weight is 517 g/mol. The van der Waals surface area contributed by atoms with Crippen LogP contribution in [0.2, 0.25) is 0 Å². The van der Waals surface area contributed by atoms with Gasteiger partial charge in [0.1, 0.15) is 5.75 Å². The summed E-state index contributed by atoms with van der Waals surface area (Å²) in [5.41, 5.74) is 1.20. The summed E-state index contributed by atoms with van der Waals surface area (Å²) in [6, 6.07) is 8.37. The fraction of sp³-hybridized carbons (Fsp3) is 0.682. The Kier molecular flexibility index (Phi) is 11.7. The van der Waals surface area contributed by atoms with Crippen molar-refractivity contribution in [3.05, 3.63) is 29.8 Å². The molecule has 1 aliphatic heterocycles. The van der Waals surface area contributed by atoms with Gasteiger partial charge in [-0.3, -0.25) is 4.99 Å². The van der Waals surface area contributed by atoms with Crippen LogP contribution in [0.3, 0.4) is 0 Å².